The smallest absolute Gasteiger partial charge is 0.282 e. The van der Waals surface area contributed by atoms with Crippen molar-refractivity contribution in [1.29, 1.82) is 0 Å². The van der Waals surface area contributed by atoms with Crippen molar-refractivity contribution in [3.63, 3.8) is 0 Å². The van der Waals surface area contributed by atoms with Crippen molar-refractivity contribution in [1.82, 2.24) is 15.0 Å². The lowest BCUT2D eigenvalue weighted by molar-refractivity contribution is -0.0888. The standard InChI is InChI=1S/C10H14F3N3O/c1-3-4-7(2)5-16-6-8(14-15-16)9(17)10(11,12)13/h6-7H,3-5H2,1-2H3. The van der Waals surface area contributed by atoms with Crippen LogP contribution in [0.4, 0.5) is 13.2 Å². The van der Waals surface area contributed by atoms with Gasteiger partial charge in [0, 0.05) is 6.54 Å². The van der Waals surface area contributed by atoms with Gasteiger partial charge in [-0.3, -0.25) is 9.48 Å². The summed E-state index contributed by atoms with van der Waals surface area (Å²) >= 11 is 0. The first-order valence-corrected chi connectivity index (χ1v) is 5.36. The molecule has 0 aliphatic carbocycles. The maximum absolute atomic E-state index is 12.1. The summed E-state index contributed by atoms with van der Waals surface area (Å²) in [4.78, 5) is 10.9. The third-order valence-corrected chi connectivity index (χ3v) is 2.31. The van der Waals surface area contributed by atoms with Crippen LogP contribution >= 0.6 is 0 Å². The molecule has 0 saturated carbocycles. The summed E-state index contributed by atoms with van der Waals surface area (Å²) in [5.41, 5.74) is -0.652. The van der Waals surface area contributed by atoms with Gasteiger partial charge in [-0.25, -0.2) is 0 Å². The van der Waals surface area contributed by atoms with Crippen LogP contribution in [-0.2, 0) is 6.54 Å². The Morgan fingerprint density at radius 2 is 2.18 bits per heavy atom. The predicted octanol–water partition coefficient (Wildman–Crippen LogP) is 2.46. The van der Waals surface area contributed by atoms with Gasteiger partial charge in [-0.05, 0) is 12.3 Å². The van der Waals surface area contributed by atoms with Gasteiger partial charge in [0.1, 0.15) is 0 Å². The van der Waals surface area contributed by atoms with Crippen LogP contribution in [-0.4, -0.2) is 27.0 Å². The first-order chi connectivity index (χ1) is 7.84. The topological polar surface area (TPSA) is 47.8 Å². The average molecular weight is 249 g/mol. The fraction of sp³-hybridized carbons (Fsp3) is 0.700. The van der Waals surface area contributed by atoms with Crippen molar-refractivity contribution < 1.29 is 18.0 Å². The van der Waals surface area contributed by atoms with Gasteiger partial charge in [0.15, 0.2) is 5.69 Å². The van der Waals surface area contributed by atoms with Gasteiger partial charge in [-0.1, -0.05) is 25.5 Å². The minimum atomic E-state index is -4.89. The van der Waals surface area contributed by atoms with Crippen LogP contribution in [0.2, 0.25) is 0 Å². The Morgan fingerprint density at radius 1 is 1.53 bits per heavy atom. The van der Waals surface area contributed by atoms with E-state index in [0.717, 1.165) is 19.0 Å². The van der Waals surface area contributed by atoms with E-state index in [1.165, 1.54) is 4.68 Å². The molecule has 1 aromatic rings. The second-order valence-corrected chi connectivity index (χ2v) is 4.05. The number of hydrogen-bond donors (Lipinski definition) is 0. The van der Waals surface area contributed by atoms with Crippen molar-refractivity contribution in [2.45, 2.75) is 39.4 Å². The highest BCUT2D eigenvalue weighted by molar-refractivity contribution is 5.98. The molecule has 0 bridgehead atoms. The summed E-state index contributed by atoms with van der Waals surface area (Å²) < 4.78 is 37.6. The molecule has 7 heteroatoms. The number of aromatic nitrogens is 3. The SMILES string of the molecule is CCCC(C)Cn1cc(C(=O)C(F)(F)F)nn1. The zero-order valence-corrected chi connectivity index (χ0v) is 9.66. The summed E-state index contributed by atoms with van der Waals surface area (Å²) in [5.74, 6) is -1.66. The van der Waals surface area contributed by atoms with Gasteiger partial charge in [0.25, 0.3) is 5.78 Å². The number of carbonyl (C=O) groups excluding carboxylic acids is 1. The molecule has 4 nitrogen and oxygen atoms in total. The molecule has 1 unspecified atom stereocenters. The third-order valence-electron chi connectivity index (χ3n) is 2.31. The minimum absolute atomic E-state index is 0.288. The number of halogens is 3. The molecule has 0 fully saturated rings. The van der Waals surface area contributed by atoms with E-state index >= 15 is 0 Å². The highest BCUT2D eigenvalue weighted by Crippen LogP contribution is 2.20. The van der Waals surface area contributed by atoms with E-state index in [2.05, 4.69) is 10.3 Å². The van der Waals surface area contributed by atoms with Gasteiger partial charge in [0.2, 0.25) is 0 Å². The van der Waals surface area contributed by atoms with Crippen LogP contribution in [0.15, 0.2) is 6.20 Å². The van der Waals surface area contributed by atoms with Crippen LogP contribution in [0, 0.1) is 5.92 Å². The number of carbonyl (C=O) groups is 1. The lowest BCUT2D eigenvalue weighted by Crippen LogP contribution is -2.23. The molecular formula is C10H14F3N3O. The highest BCUT2D eigenvalue weighted by Gasteiger charge is 2.41. The summed E-state index contributed by atoms with van der Waals surface area (Å²) in [6, 6.07) is 0. The Kier molecular flexibility index (Phi) is 4.25. The molecule has 0 saturated heterocycles. The molecule has 0 radical (unpaired) electrons. The second-order valence-electron chi connectivity index (χ2n) is 4.05. The molecule has 0 aromatic carbocycles. The first-order valence-electron chi connectivity index (χ1n) is 5.36. The molecule has 0 N–H and O–H groups in total. The molecule has 0 aliphatic rings. The van der Waals surface area contributed by atoms with E-state index in [1.54, 1.807) is 0 Å². The molecule has 0 spiro atoms. The van der Waals surface area contributed by atoms with Gasteiger partial charge >= 0.3 is 6.18 Å². The van der Waals surface area contributed by atoms with Crippen molar-refractivity contribution in [2.75, 3.05) is 0 Å². The minimum Gasteiger partial charge on any atom is -0.282 e. The lowest BCUT2D eigenvalue weighted by Gasteiger charge is -2.08. The fourth-order valence-electron chi connectivity index (χ4n) is 1.54. The fourth-order valence-corrected chi connectivity index (χ4v) is 1.54. The highest BCUT2D eigenvalue weighted by atomic mass is 19.4. The molecule has 96 valence electrons. The molecule has 1 rings (SSSR count). The summed E-state index contributed by atoms with van der Waals surface area (Å²) in [5, 5.41) is 6.76. The number of Topliss-reactive ketones (excluding diaryl/α,β-unsaturated/α-hetero) is 1. The Labute approximate surface area is 96.8 Å². The summed E-state index contributed by atoms with van der Waals surface area (Å²) in [6.07, 6.45) is -1.91. The monoisotopic (exact) mass is 249 g/mol. The number of hydrogen-bond acceptors (Lipinski definition) is 3. The van der Waals surface area contributed by atoms with E-state index in [1.807, 2.05) is 13.8 Å². The van der Waals surface area contributed by atoms with Crippen molar-refractivity contribution in [3.8, 4) is 0 Å². The third kappa shape index (κ3) is 3.83. The molecular weight excluding hydrogens is 235 g/mol. The van der Waals surface area contributed by atoms with E-state index in [-0.39, 0.29) is 5.92 Å². The van der Waals surface area contributed by atoms with Crippen LogP contribution in [0.5, 0.6) is 0 Å². The van der Waals surface area contributed by atoms with Crippen molar-refractivity contribution in [3.05, 3.63) is 11.9 Å². The zero-order valence-electron chi connectivity index (χ0n) is 9.66. The number of rotatable bonds is 5. The van der Waals surface area contributed by atoms with Crippen LogP contribution < -0.4 is 0 Å². The molecule has 0 amide bonds. The summed E-state index contributed by atoms with van der Waals surface area (Å²) in [6.45, 7) is 4.46. The van der Waals surface area contributed by atoms with Gasteiger partial charge in [-0.15, -0.1) is 5.10 Å². The predicted molar refractivity (Wildman–Crippen MR) is 54.5 cm³/mol. The van der Waals surface area contributed by atoms with Gasteiger partial charge in [0.05, 0.1) is 6.20 Å². The molecule has 1 aromatic heterocycles. The van der Waals surface area contributed by atoms with Crippen LogP contribution in [0.25, 0.3) is 0 Å². The van der Waals surface area contributed by atoms with E-state index < -0.39 is 17.7 Å². The molecule has 17 heavy (non-hydrogen) atoms. The van der Waals surface area contributed by atoms with Crippen LogP contribution in [0.3, 0.4) is 0 Å². The van der Waals surface area contributed by atoms with Gasteiger partial charge < -0.3 is 0 Å². The summed E-state index contributed by atoms with van der Waals surface area (Å²) in [7, 11) is 0. The largest absolute Gasteiger partial charge is 0.456 e. The maximum atomic E-state index is 12.1. The van der Waals surface area contributed by atoms with E-state index in [4.69, 9.17) is 0 Å². The first kappa shape index (κ1) is 13.7. The molecule has 0 aliphatic heterocycles. The van der Waals surface area contributed by atoms with Crippen LogP contribution in [0.1, 0.15) is 37.2 Å². The Hall–Kier alpha value is -1.40. The van der Waals surface area contributed by atoms with E-state index in [9.17, 15) is 18.0 Å². The van der Waals surface area contributed by atoms with E-state index in [0.29, 0.717) is 6.54 Å². The quantitative estimate of drug-likeness (QED) is 0.753. The average Bonchev–Trinajstić information content (AvgIpc) is 2.63. The zero-order chi connectivity index (χ0) is 13.1. The Bertz CT molecular complexity index is 386. The maximum Gasteiger partial charge on any atom is 0.456 e. The second kappa shape index (κ2) is 5.29. The Balaban J connectivity index is 2.69. The van der Waals surface area contributed by atoms with Crippen molar-refractivity contribution >= 4 is 5.78 Å². The number of ketones is 1. The number of nitrogens with zero attached hydrogens (tertiary/aromatic N) is 3. The molecule has 1 atom stereocenters. The Morgan fingerprint density at radius 3 is 2.71 bits per heavy atom. The van der Waals surface area contributed by atoms with Gasteiger partial charge in [-0.2, -0.15) is 13.2 Å². The van der Waals surface area contributed by atoms with Crippen molar-refractivity contribution in [2.24, 2.45) is 5.92 Å². The normalized spacial score (nSPS) is 13.7. The lowest BCUT2D eigenvalue weighted by atomic mass is 10.1. The number of alkyl halides is 3. The molecule has 1 heterocycles.